The van der Waals surface area contributed by atoms with Gasteiger partial charge in [0.05, 0.1) is 5.02 Å². The molecule has 0 fully saturated rings. The van der Waals surface area contributed by atoms with E-state index in [0.29, 0.717) is 23.0 Å². The molecule has 0 aliphatic heterocycles. The van der Waals surface area contributed by atoms with Crippen LogP contribution >= 0.6 is 39.1 Å². The van der Waals surface area contributed by atoms with E-state index in [1.54, 1.807) is 12.1 Å². The fourth-order valence-corrected chi connectivity index (χ4v) is 2.54. The molecule has 0 atom stereocenters. The third kappa shape index (κ3) is 2.83. The molecule has 6 heteroatoms. The molecule has 0 saturated carbocycles. The van der Waals surface area contributed by atoms with E-state index in [2.05, 4.69) is 25.9 Å². The van der Waals surface area contributed by atoms with Gasteiger partial charge in [-0.25, -0.2) is 4.98 Å². The zero-order valence-electron chi connectivity index (χ0n) is 8.80. The summed E-state index contributed by atoms with van der Waals surface area (Å²) in [5.41, 5.74) is 7.10. The Morgan fingerprint density at radius 3 is 2.76 bits per heavy atom. The smallest absolute Gasteiger partial charge is 0.110 e. The second kappa shape index (κ2) is 5.40. The molecule has 2 rings (SSSR count). The van der Waals surface area contributed by atoms with E-state index >= 15 is 0 Å². The van der Waals surface area contributed by atoms with Crippen molar-refractivity contribution in [2.75, 3.05) is 6.54 Å². The van der Waals surface area contributed by atoms with Crippen molar-refractivity contribution < 1.29 is 0 Å². The second-order valence-corrected chi connectivity index (χ2v) is 5.15. The first kappa shape index (κ1) is 12.9. The van der Waals surface area contributed by atoms with Gasteiger partial charge in [-0.3, -0.25) is 0 Å². The van der Waals surface area contributed by atoms with Gasteiger partial charge in [0, 0.05) is 17.0 Å². The number of nitrogens with one attached hydrogen (secondary N) is 1. The molecule has 3 nitrogen and oxygen atoms in total. The van der Waals surface area contributed by atoms with Gasteiger partial charge in [0.25, 0.3) is 0 Å². The highest BCUT2D eigenvalue weighted by Gasteiger charge is 2.13. The first-order valence-electron chi connectivity index (χ1n) is 5.01. The monoisotopic (exact) mass is 333 g/mol. The van der Waals surface area contributed by atoms with Crippen LogP contribution in [0.1, 0.15) is 5.82 Å². The number of H-pyrrole nitrogens is 1. The van der Waals surface area contributed by atoms with Gasteiger partial charge in [-0.15, -0.1) is 0 Å². The summed E-state index contributed by atoms with van der Waals surface area (Å²) < 4.78 is 0.796. The Morgan fingerprint density at radius 1 is 1.35 bits per heavy atom. The lowest BCUT2D eigenvalue weighted by molar-refractivity contribution is 0.893. The lowest BCUT2D eigenvalue weighted by Gasteiger charge is -2.01. The van der Waals surface area contributed by atoms with Crippen LogP contribution in [0.4, 0.5) is 0 Å². The van der Waals surface area contributed by atoms with E-state index < -0.39 is 0 Å². The van der Waals surface area contributed by atoms with Crippen LogP contribution in [-0.4, -0.2) is 16.5 Å². The zero-order valence-corrected chi connectivity index (χ0v) is 11.9. The highest BCUT2D eigenvalue weighted by Crippen LogP contribution is 2.33. The molecule has 0 aliphatic rings. The van der Waals surface area contributed by atoms with E-state index in [-0.39, 0.29) is 0 Å². The Labute approximate surface area is 117 Å². The molecule has 1 heterocycles. The summed E-state index contributed by atoms with van der Waals surface area (Å²) in [6, 6.07) is 5.33. The van der Waals surface area contributed by atoms with Crippen LogP contribution in [-0.2, 0) is 6.42 Å². The molecule has 1 aromatic carbocycles. The summed E-state index contributed by atoms with van der Waals surface area (Å²) in [7, 11) is 0. The van der Waals surface area contributed by atoms with Crippen LogP contribution in [0, 0.1) is 0 Å². The number of rotatable bonds is 3. The highest BCUT2D eigenvalue weighted by atomic mass is 79.9. The summed E-state index contributed by atoms with van der Waals surface area (Å²) >= 11 is 15.4. The third-order valence-electron chi connectivity index (χ3n) is 2.28. The predicted octanol–water partition coefficient (Wildman–Crippen LogP) is 3.65. The molecule has 1 aromatic heterocycles. The molecule has 0 radical (unpaired) electrons. The summed E-state index contributed by atoms with van der Waals surface area (Å²) in [4.78, 5) is 7.57. The average molecular weight is 335 g/mol. The van der Waals surface area contributed by atoms with Gasteiger partial charge in [0.1, 0.15) is 16.1 Å². The van der Waals surface area contributed by atoms with Gasteiger partial charge in [-0.05, 0) is 40.7 Å². The number of halogens is 3. The molecule has 17 heavy (non-hydrogen) atoms. The van der Waals surface area contributed by atoms with E-state index in [1.807, 2.05) is 6.07 Å². The van der Waals surface area contributed by atoms with Crippen molar-refractivity contribution in [1.29, 1.82) is 0 Å². The zero-order chi connectivity index (χ0) is 12.4. The van der Waals surface area contributed by atoms with Crippen molar-refractivity contribution in [2.45, 2.75) is 6.42 Å². The lowest BCUT2D eigenvalue weighted by atomic mass is 10.2. The van der Waals surface area contributed by atoms with E-state index in [4.69, 9.17) is 28.9 Å². The van der Waals surface area contributed by atoms with Crippen LogP contribution in [0.25, 0.3) is 11.3 Å². The SMILES string of the molecule is NCCc1nc(-c2ccc(Cl)cc2Cl)c(Br)[nH]1. The molecule has 90 valence electrons. The van der Waals surface area contributed by atoms with Gasteiger partial charge in [-0.2, -0.15) is 0 Å². The van der Waals surface area contributed by atoms with Crippen LogP contribution in [0.5, 0.6) is 0 Å². The van der Waals surface area contributed by atoms with Gasteiger partial charge in [0.2, 0.25) is 0 Å². The van der Waals surface area contributed by atoms with Crippen molar-refractivity contribution in [3.63, 3.8) is 0 Å². The first-order valence-corrected chi connectivity index (χ1v) is 6.56. The molecule has 0 aliphatic carbocycles. The molecule has 0 saturated heterocycles. The molecule has 0 spiro atoms. The van der Waals surface area contributed by atoms with Crippen molar-refractivity contribution in [1.82, 2.24) is 9.97 Å². The predicted molar refractivity (Wildman–Crippen MR) is 74.5 cm³/mol. The van der Waals surface area contributed by atoms with Crippen molar-refractivity contribution in [3.8, 4) is 11.3 Å². The van der Waals surface area contributed by atoms with E-state index in [1.165, 1.54) is 0 Å². The van der Waals surface area contributed by atoms with Crippen LogP contribution in [0.2, 0.25) is 10.0 Å². The largest absolute Gasteiger partial charge is 0.336 e. The molecule has 0 amide bonds. The van der Waals surface area contributed by atoms with Crippen LogP contribution in [0.3, 0.4) is 0 Å². The minimum atomic E-state index is 0.549. The summed E-state index contributed by atoms with van der Waals surface area (Å²) in [5.74, 6) is 0.834. The Bertz CT molecular complexity index is 540. The van der Waals surface area contributed by atoms with E-state index in [0.717, 1.165) is 21.7 Å². The Kier molecular flexibility index (Phi) is 4.09. The second-order valence-electron chi connectivity index (χ2n) is 3.51. The molecule has 2 aromatic rings. The quantitative estimate of drug-likeness (QED) is 0.900. The molecule has 0 bridgehead atoms. The summed E-state index contributed by atoms with van der Waals surface area (Å²) in [5, 5.41) is 1.18. The summed E-state index contributed by atoms with van der Waals surface area (Å²) in [6.45, 7) is 0.549. The molecular formula is C11H10BrCl2N3. The van der Waals surface area contributed by atoms with Crippen molar-refractivity contribution in [3.05, 3.63) is 38.7 Å². The standard InChI is InChI=1S/C11H10BrCl2N3/c12-11-10(16-9(17-11)3-4-15)7-2-1-6(13)5-8(7)14/h1-2,5H,3-4,15H2,(H,16,17). The molecule has 3 N–H and O–H groups in total. The number of aromatic amines is 1. The Morgan fingerprint density at radius 2 is 2.12 bits per heavy atom. The fraction of sp³-hybridized carbons (Fsp3) is 0.182. The van der Waals surface area contributed by atoms with Gasteiger partial charge < -0.3 is 10.7 Å². The van der Waals surface area contributed by atoms with Crippen LogP contribution < -0.4 is 5.73 Å². The number of imidazole rings is 1. The average Bonchev–Trinajstić information content (AvgIpc) is 2.60. The lowest BCUT2D eigenvalue weighted by Crippen LogP contribution is -2.03. The molecular weight excluding hydrogens is 325 g/mol. The number of aromatic nitrogens is 2. The molecule has 0 unspecified atom stereocenters. The van der Waals surface area contributed by atoms with Crippen molar-refractivity contribution in [2.24, 2.45) is 5.73 Å². The number of nitrogens with zero attached hydrogens (tertiary/aromatic N) is 1. The maximum atomic E-state index is 6.14. The van der Waals surface area contributed by atoms with Gasteiger partial charge in [-0.1, -0.05) is 23.2 Å². The van der Waals surface area contributed by atoms with Crippen LogP contribution in [0.15, 0.2) is 22.8 Å². The first-order chi connectivity index (χ1) is 8.11. The normalized spacial score (nSPS) is 10.8. The summed E-state index contributed by atoms with van der Waals surface area (Å²) in [6.07, 6.45) is 0.698. The minimum absolute atomic E-state index is 0.549. The topological polar surface area (TPSA) is 54.7 Å². The van der Waals surface area contributed by atoms with Gasteiger partial charge in [0.15, 0.2) is 0 Å². The third-order valence-corrected chi connectivity index (χ3v) is 3.40. The maximum absolute atomic E-state index is 6.14. The Balaban J connectivity index is 2.45. The number of benzene rings is 1. The van der Waals surface area contributed by atoms with Gasteiger partial charge >= 0.3 is 0 Å². The minimum Gasteiger partial charge on any atom is -0.336 e. The number of hydrogen-bond acceptors (Lipinski definition) is 2. The number of hydrogen-bond donors (Lipinski definition) is 2. The van der Waals surface area contributed by atoms with Crippen molar-refractivity contribution >= 4 is 39.1 Å². The highest BCUT2D eigenvalue weighted by molar-refractivity contribution is 9.10. The maximum Gasteiger partial charge on any atom is 0.110 e. The Hall–Kier alpha value is -0.550. The number of nitrogens with two attached hydrogens (primary N) is 1. The van der Waals surface area contributed by atoms with E-state index in [9.17, 15) is 0 Å². The fourth-order valence-electron chi connectivity index (χ4n) is 1.51.